The van der Waals surface area contributed by atoms with Crippen molar-refractivity contribution in [3.05, 3.63) is 11.6 Å². The summed E-state index contributed by atoms with van der Waals surface area (Å²) in [7, 11) is 0. The molecule has 9 heavy (non-hydrogen) atoms. The van der Waals surface area contributed by atoms with E-state index in [0.29, 0.717) is 11.3 Å². The average molecular weight is 143 g/mol. The van der Waals surface area contributed by atoms with Crippen molar-refractivity contribution in [3.63, 3.8) is 0 Å². The maximum absolute atomic E-state index is 10.6. The quantitative estimate of drug-likeness (QED) is 0.384. The van der Waals surface area contributed by atoms with Gasteiger partial charge in [0.05, 0.1) is 0 Å². The molecule has 1 aliphatic heterocycles. The first-order chi connectivity index (χ1) is 4.24. The highest BCUT2D eigenvalue weighted by Crippen LogP contribution is 2.02. The number of imide groups is 1. The van der Waals surface area contributed by atoms with Crippen molar-refractivity contribution < 1.29 is 9.59 Å². The monoisotopic (exact) mass is 143 g/mol. The van der Waals surface area contributed by atoms with E-state index in [4.69, 9.17) is 0 Å². The summed E-state index contributed by atoms with van der Waals surface area (Å²) in [6, 6.07) is 0. The van der Waals surface area contributed by atoms with Gasteiger partial charge in [0, 0.05) is 17.4 Å². The van der Waals surface area contributed by atoms with Crippen molar-refractivity contribution in [2.45, 2.75) is 0 Å². The van der Waals surface area contributed by atoms with Crippen LogP contribution in [0.5, 0.6) is 0 Å². The fourth-order valence-electron chi connectivity index (χ4n) is 0.569. The van der Waals surface area contributed by atoms with E-state index in [-0.39, 0.29) is 11.8 Å². The van der Waals surface area contributed by atoms with Gasteiger partial charge < -0.3 is 0 Å². The third-order valence-electron chi connectivity index (χ3n) is 1.00. The van der Waals surface area contributed by atoms with Gasteiger partial charge in [-0.25, -0.2) is 0 Å². The second-order valence-electron chi connectivity index (χ2n) is 1.65. The van der Waals surface area contributed by atoms with Crippen LogP contribution in [0.25, 0.3) is 0 Å². The molecule has 0 aliphatic carbocycles. The van der Waals surface area contributed by atoms with Crippen LogP contribution in [-0.2, 0) is 9.59 Å². The SMILES string of the molecule is O=C1C=C(CS)C(=O)N1. The van der Waals surface area contributed by atoms with Crippen LogP contribution in [-0.4, -0.2) is 17.6 Å². The molecule has 3 nitrogen and oxygen atoms in total. The number of carbonyl (C=O) groups excluding carboxylic acids is 2. The van der Waals surface area contributed by atoms with Crippen LogP contribution in [0.1, 0.15) is 0 Å². The summed E-state index contributed by atoms with van der Waals surface area (Å²) < 4.78 is 0. The molecule has 0 unspecified atom stereocenters. The van der Waals surface area contributed by atoms with E-state index in [1.165, 1.54) is 6.08 Å². The van der Waals surface area contributed by atoms with Crippen LogP contribution in [0.4, 0.5) is 0 Å². The molecule has 0 radical (unpaired) electrons. The predicted octanol–water partition coefficient (Wildman–Crippen LogP) is -0.501. The Hall–Kier alpha value is -0.770. The van der Waals surface area contributed by atoms with Gasteiger partial charge in [0.15, 0.2) is 0 Å². The summed E-state index contributed by atoms with van der Waals surface area (Å²) in [5.41, 5.74) is 0.434. The Morgan fingerprint density at radius 1 is 1.56 bits per heavy atom. The van der Waals surface area contributed by atoms with Crippen molar-refractivity contribution in [1.29, 1.82) is 0 Å². The molecule has 0 bridgehead atoms. The molecule has 1 heterocycles. The summed E-state index contributed by atoms with van der Waals surface area (Å²) in [4.78, 5) is 20.9. The molecule has 0 aromatic rings. The zero-order chi connectivity index (χ0) is 6.85. The van der Waals surface area contributed by atoms with Crippen LogP contribution >= 0.6 is 12.6 Å². The number of nitrogens with one attached hydrogen (secondary N) is 1. The average Bonchev–Trinajstić information content (AvgIpc) is 2.10. The highest BCUT2D eigenvalue weighted by atomic mass is 32.1. The van der Waals surface area contributed by atoms with E-state index in [0.717, 1.165) is 0 Å². The van der Waals surface area contributed by atoms with Crippen LogP contribution in [0, 0.1) is 0 Å². The number of hydrogen-bond acceptors (Lipinski definition) is 3. The van der Waals surface area contributed by atoms with Crippen LogP contribution in [0.15, 0.2) is 11.6 Å². The normalized spacial score (nSPS) is 17.7. The lowest BCUT2D eigenvalue weighted by Crippen LogP contribution is -2.22. The zero-order valence-corrected chi connectivity index (χ0v) is 5.44. The first-order valence-electron chi connectivity index (χ1n) is 2.41. The Morgan fingerprint density at radius 2 is 2.22 bits per heavy atom. The first kappa shape index (κ1) is 6.35. The molecular formula is C5H5NO2S. The Labute approximate surface area is 57.5 Å². The fraction of sp³-hybridized carbons (Fsp3) is 0.200. The van der Waals surface area contributed by atoms with E-state index in [1.54, 1.807) is 0 Å². The molecule has 2 amide bonds. The van der Waals surface area contributed by atoms with Crippen molar-refractivity contribution >= 4 is 24.4 Å². The van der Waals surface area contributed by atoms with Gasteiger partial charge in [0.1, 0.15) is 0 Å². The van der Waals surface area contributed by atoms with Crippen molar-refractivity contribution in [2.75, 3.05) is 5.75 Å². The van der Waals surface area contributed by atoms with Gasteiger partial charge in [0.25, 0.3) is 11.8 Å². The van der Waals surface area contributed by atoms with E-state index < -0.39 is 0 Å². The highest BCUT2D eigenvalue weighted by Gasteiger charge is 2.18. The molecule has 0 saturated carbocycles. The lowest BCUT2D eigenvalue weighted by molar-refractivity contribution is -0.123. The summed E-state index contributed by atoms with van der Waals surface area (Å²) in [5.74, 6) is -0.351. The van der Waals surface area contributed by atoms with Crippen LogP contribution in [0.2, 0.25) is 0 Å². The molecule has 1 aliphatic rings. The minimum atomic E-state index is -0.343. The van der Waals surface area contributed by atoms with Crippen molar-refractivity contribution in [1.82, 2.24) is 5.32 Å². The number of carbonyl (C=O) groups is 2. The molecule has 0 aromatic carbocycles. The molecule has 0 aromatic heterocycles. The highest BCUT2D eigenvalue weighted by molar-refractivity contribution is 7.80. The van der Waals surface area contributed by atoms with Gasteiger partial charge in [-0.05, 0) is 0 Å². The first-order valence-corrected chi connectivity index (χ1v) is 3.04. The Morgan fingerprint density at radius 3 is 2.44 bits per heavy atom. The number of thiol groups is 1. The van der Waals surface area contributed by atoms with Gasteiger partial charge in [0.2, 0.25) is 0 Å². The molecule has 0 saturated heterocycles. The lowest BCUT2D eigenvalue weighted by atomic mass is 10.3. The van der Waals surface area contributed by atoms with Gasteiger partial charge in [-0.15, -0.1) is 0 Å². The Bertz CT molecular complexity index is 197. The third-order valence-corrected chi connectivity index (χ3v) is 1.34. The fourth-order valence-corrected chi connectivity index (χ4v) is 0.804. The number of rotatable bonds is 1. The van der Waals surface area contributed by atoms with E-state index in [2.05, 4.69) is 17.9 Å². The second-order valence-corrected chi connectivity index (χ2v) is 1.96. The standard InChI is InChI=1S/C5H5NO2S/c7-4-1-3(2-9)5(8)6-4/h1,9H,2H2,(H,6,7,8). The largest absolute Gasteiger partial charge is 0.289 e. The smallest absolute Gasteiger partial charge is 0.255 e. The topological polar surface area (TPSA) is 46.2 Å². The maximum Gasteiger partial charge on any atom is 0.255 e. The summed E-state index contributed by atoms with van der Waals surface area (Å²) in [6.45, 7) is 0. The second kappa shape index (κ2) is 2.23. The Kier molecular flexibility index (Phi) is 1.57. The van der Waals surface area contributed by atoms with Gasteiger partial charge >= 0.3 is 0 Å². The minimum Gasteiger partial charge on any atom is -0.289 e. The molecule has 0 atom stereocenters. The van der Waals surface area contributed by atoms with Gasteiger partial charge in [-0.2, -0.15) is 12.6 Å². The van der Waals surface area contributed by atoms with Gasteiger partial charge in [-0.1, -0.05) is 0 Å². The number of amides is 2. The molecule has 4 heteroatoms. The molecule has 1 rings (SSSR count). The van der Waals surface area contributed by atoms with E-state index >= 15 is 0 Å². The molecule has 48 valence electrons. The molecule has 0 spiro atoms. The summed E-state index contributed by atoms with van der Waals surface area (Å²) in [6.07, 6.45) is 1.26. The maximum atomic E-state index is 10.6. The lowest BCUT2D eigenvalue weighted by Gasteiger charge is -1.88. The summed E-state index contributed by atoms with van der Waals surface area (Å²) >= 11 is 3.83. The van der Waals surface area contributed by atoms with Gasteiger partial charge in [-0.3, -0.25) is 14.9 Å². The van der Waals surface area contributed by atoms with Crippen LogP contribution < -0.4 is 5.32 Å². The Balaban J connectivity index is 2.80. The zero-order valence-electron chi connectivity index (χ0n) is 4.55. The number of hydrogen-bond donors (Lipinski definition) is 2. The summed E-state index contributed by atoms with van der Waals surface area (Å²) in [5, 5.41) is 2.10. The molecular weight excluding hydrogens is 138 g/mol. The van der Waals surface area contributed by atoms with Crippen LogP contribution in [0.3, 0.4) is 0 Å². The minimum absolute atomic E-state index is 0.317. The van der Waals surface area contributed by atoms with Crippen molar-refractivity contribution in [2.24, 2.45) is 0 Å². The molecule has 0 fully saturated rings. The van der Waals surface area contributed by atoms with Crippen molar-refractivity contribution in [3.8, 4) is 0 Å². The molecule has 1 N–H and O–H groups in total. The van der Waals surface area contributed by atoms with E-state index in [9.17, 15) is 9.59 Å². The predicted molar refractivity (Wildman–Crippen MR) is 35.1 cm³/mol. The third kappa shape index (κ3) is 1.13. The van der Waals surface area contributed by atoms with E-state index in [1.807, 2.05) is 0 Å².